The van der Waals surface area contributed by atoms with E-state index >= 15 is 0 Å². The second kappa shape index (κ2) is 8.68. The zero-order valence-corrected chi connectivity index (χ0v) is 17.6. The molecule has 2 heterocycles. The first-order chi connectivity index (χ1) is 15.2. The molecule has 0 aromatic heterocycles. The van der Waals surface area contributed by atoms with E-state index in [-0.39, 0.29) is 40.6 Å². The molecular weight excluding hydrogens is 420 g/mol. The molecule has 32 heavy (non-hydrogen) atoms. The van der Waals surface area contributed by atoms with E-state index in [9.17, 15) is 30.3 Å². The van der Waals surface area contributed by atoms with Crippen molar-refractivity contribution in [2.45, 2.75) is 57.1 Å². The third kappa shape index (κ3) is 3.72. The predicted molar refractivity (Wildman–Crippen MR) is 111 cm³/mol. The third-order valence-electron chi connectivity index (χ3n) is 6.00. The van der Waals surface area contributed by atoms with E-state index in [2.05, 4.69) is 0 Å². The van der Waals surface area contributed by atoms with Gasteiger partial charge in [-0.2, -0.15) is 0 Å². The summed E-state index contributed by atoms with van der Waals surface area (Å²) in [5, 5.41) is 50.5. The zero-order chi connectivity index (χ0) is 23.2. The molecule has 2 aromatic carbocycles. The average molecular weight is 446 g/mol. The number of phenols is 1. The van der Waals surface area contributed by atoms with Gasteiger partial charge in [-0.1, -0.05) is 30.3 Å². The number of aliphatic hydroxyl groups is 4. The van der Waals surface area contributed by atoms with Gasteiger partial charge in [0.2, 0.25) is 6.29 Å². The molecule has 2 aliphatic heterocycles. The third-order valence-corrected chi connectivity index (χ3v) is 6.00. The standard InChI is InChI=1S/C23H26O9/c1-10-17(26)16-13(25)8-14(12-6-4-3-5-7-12)30-22(16)11(2)21(10)32-23-20(29)19(28)18(27)15(9-24)31-23/h3-7,14-15,18-20,23-24,26-29H,8-9H2,1-2H3/t14-,15+,18+,19-,20+,23-/m0/s1. The number of phenolic OH excluding ortho intramolecular Hbond substituents is 1. The summed E-state index contributed by atoms with van der Waals surface area (Å²) in [6, 6.07) is 9.22. The number of ether oxygens (including phenoxy) is 3. The van der Waals surface area contributed by atoms with Gasteiger partial charge in [0.15, 0.2) is 5.78 Å². The monoisotopic (exact) mass is 446 g/mol. The quantitative estimate of drug-likeness (QED) is 0.462. The van der Waals surface area contributed by atoms with Crippen molar-refractivity contribution >= 4 is 5.78 Å². The van der Waals surface area contributed by atoms with Crippen molar-refractivity contribution in [3.8, 4) is 17.2 Å². The van der Waals surface area contributed by atoms with Gasteiger partial charge in [0.05, 0.1) is 13.0 Å². The summed E-state index contributed by atoms with van der Waals surface area (Å²) in [7, 11) is 0. The van der Waals surface area contributed by atoms with Crippen LogP contribution < -0.4 is 9.47 Å². The fraction of sp³-hybridized carbons (Fsp3) is 0.435. The van der Waals surface area contributed by atoms with Crippen LogP contribution in [0.5, 0.6) is 17.2 Å². The minimum Gasteiger partial charge on any atom is -0.507 e. The Morgan fingerprint density at radius 1 is 1.03 bits per heavy atom. The summed E-state index contributed by atoms with van der Waals surface area (Å²) >= 11 is 0. The fourth-order valence-electron chi connectivity index (χ4n) is 4.15. The number of hydrogen-bond donors (Lipinski definition) is 5. The average Bonchev–Trinajstić information content (AvgIpc) is 2.80. The van der Waals surface area contributed by atoms with Gasteiger partial charge in [-0.3, -0.25) is 4.79 Å². The van der Waals surface area contributed by atoms with Gasteiger partial charge in [-0.05, 0) is 19.4 Å². The molecule has 9 heteroatoms. The number of rotatable bonds is 4. The molecule has 2 aromatic rings. The summed E-state index contributed by atoms with van der Waals surface area (Å²) < 4.78 is 17.3. The van der Waals surface area contributed by atoms with Gasteiger partial charge in [0, 0.05) is 11.1 Å². The predicted octanol–water partition coefficient (Wildman–Crippen LogP) is 0.894. The summed E-state index contributed by atoms with van der Waals surface area (Å²) in [5.41, 5.74) is 1.50. The molecule has 9 nitrogen and oxygen atoms in total. The first-order valence-corrected chi connectivity index (χ1v) is 10.3. The van der Waals surface area contributed by atoms with Crippen molar-refractivity contribution in [3.05, 3.63) is 52.6 Å². The fourth-order valence-corrected chi connectivity index (χ4v) is 4.15. The van der Waals surface area contributed by atoms with Crippen molar-refractivity contribution in [2.75, 3.05) is 6.61 Å². The molecular formula is C23H26O9. The SMILES string of the molecule is Cc1c(O)c2c(c(C)c1O[C@@H]1O[C@H](CO)[C@@H](O)[C@H](O)[C@H]1O)O[C@H](c1ccccc1)CC2=O. The van der Waals surface area contributed by atoms with E-state index in [0.29, 0.717) is 5.56 Å². The van der Waals surface area contributed by atoms with Crippen LogP contribution in [0.3, 0.4) is 0 Å². The maximum atomic E-state index is 12.9. The highest BCUT2D eigenvalue weighted by Crippen LogP contribution is 2.48. The second-order valence-corrected chi connectivity index (χ2v) is 8.09. The van der Waals surface area contributed by atoms with E-state index in [1.807, 2.05) is 30.3 Å². The van der Waals surface area contributed by atoms with Crippen molar-refractivity contribution in [1.29, 1.82) is 0 Å². The summed E-state index contributed by atoms with van der Waals surface area (Å²) in [5.74, 6) is -0.310. The lowest BCUT2D eigenvalue weighted by atomic mass is 9.91. The summed E-state index contributed by atoms with van der Waals surface area (Å²) in [6.07, 6.45) is -7.83. The van der Waals surface area contributed by atoms with Gasteiger partial charge in [-0.25, -0.2) is 0 Å². The Labute approximate surface area is 184 Å². The number of benzene rings is 2. The molecule has 0 amide bonds. The number of ketones is 1. The Bertz CT molecular complexity index is 1000. The number of Topliss-reactive ketones (excluding diaryl/α,β-unsaturated/α-hetero) is 1. The van der Waals surface area contributed by atoms with Crippen molar-refractivity contribution < 1.29 is 44.5 Å². The van der Waals surface area contributed by atoms with Gasteiger partial charge in [0.1, 0.15) is 53.3 Å². The van der Waals surface area contributed by atoms with Crippen LogP contribution in [-0.4, -0.2) is 68.6 Å². The van der Waals surface area contributed by atoms with E-state index in [4.69, 9.17) is 14.2 Å². The summed E-state index contributed by atoms with van der Waals surface area (Å²) in [4.78, 5) is 12.9. The maximum Gasteiger partial charge on any atom is 0.229 e. The number of carbonyl (C=O) groups excluding carboxylic acids is 1. The molecule has 0 saturated carbocycles. The summed E-state index contributed by atoms with van der Waals surface area (Å²) in [6.45, 7) is 2.58. The zero-order valence-electron chi connectivity index (χ0n) is 17.6. The molecule has 6 atom stereocenters. The lowest BCUT2D eigenvalue weighted by Gasteiger charge is -2.40. The lowest BCUT2D eigenvalue weighted by molar-refractivity contribution is -0.277. The lowest BCUT2D eigenvalue weighted by Crippen LogP contribution is -2.60. The van der Waals surface area contributed by atoms with Crippen molar-refractivity contribution in [2.24, 2.45) is 0 Å². The molecule has 0 spiro atoms. The molecule has 172 valence electrons. The molecule has 0 aliphatic carbocycles. The van der Waals surface area contributed by atoms with Crippen LogP contribution in [0, 0.1) is 13.8 Å². The van der Waals surface area contributed by atoms with E-state index in [0.717, 1.165) is 5.56 Å². The first-order valence-electron chi connectivity index (χ1n) is 10.3. The Kier molecular flexibility index (Phi) is 6.11. The highest BCUT2D eigenvalue weighted by atomic mass is 16.7. The van der Waals surface area contributed by atoms with Crippen molar-refractivity contribution in [3.63, 3.8) is 0 Å². The van der Waals surface area contributed by atoms with Crippen LogP contribution in [0.25, 0.3) is 0 Å². The number of carbonyl (C=O) groups is 1. The van der Waals surface area contributed by atoms with E-state index in [1.54, 1.807) is 13.8 Å². The van der Waals surface area contributed by atoms with Gasteiger partial charge in [-0.15, -0.1) is 0 Å². The molecule has 0 unspecified atom stereocenters. The topological polar surface area (TPSA) is 146 Å². The van der Waals surface area contributed by atoms with Crippen LogP contribution in [-0.2, 0) is 4.74 Å². The molecule has 0 radical (unpaired) electrons. The second-order valence-electron chi connectivity index (χ2n) is 8.09. The largest absolute Gasteiger partial charge is 0.507 e. The van der Waals surface area contributed by atoms with Crippen LogP contribution >= 0.6 is 0 Å². The maximum absolute atomic E-state index is 12.9. The number of aromatic hydroxyl groups is 1. The number of fused-ring (bicyclic) bond motifs is 1. The number of aliphatic hydroxyl groups excluding tert-OH is 4. The van der Waals surface area contributed by atoms with Crippen LogP contribution in [0.4, 0.5) is 0 Å². The van der Waals surface area contributed by atoms with Gasteiger partial charge in [0.25, 0.3) is 0 Å². The molecule has 5 N–H and O–H groups in total. The minimum absolute atomic E-state index is 0.0633. The Morgan fingerprint density at radius 2 is 1.72 bits per heavy atom. The smallest absolute Gasteiger partial charge is 0.229 e. The minimum atomic E-state index is -1.62. The number of hydrogen-bond acceptors (Lipinski definition) is 9. The first kappa shape index (κ1) is 22.5. The molecule has 4 rings (SSSR count). The van der Waals surface area contributed by atoms with Gasteiger partial charge >= 0.3 is 0 Å². The van der Waals surface area contributed by atoms with Gasteiger partial charge < -0.3 is 39.7 Å². The molecule has 1 fully saturated rings. The normalized spacial score (nSPS) is 29.9. The van der Waals surface area contributed by atoms with E-state index in [1.165, 1.54) is 0 Å². The van der Waals surface area contributed by atoms with Crippen LogP contribution in [0.15, 0.2) is 30.3 Å². The van der Waals surface area contributed by atoms with E-state index < -0.39 is 43.4 Å². The molecule has 2 aliphatic rings. The van der Waals surface area contributed by atoms with Crippen LogP contribution in [0.2, 0.25) is 0 Å². The Hall–Kier alpha value is -2.69. The Balaban J connectivity index is 1.71. The Morgan fingerprint density at radius 3 is 2.38 bits per heavy atom. The molecule has 0 bridgehead atoms. The van der Waals surface area contributed by atoms with Crippen molar-refractivity contribution in [1.82, 2.24) is 0 Å². The van der Waals surface area contributed by atoms with Crippen LogP contribution in [0.1, 0.15) is 39.6 Å². The highest BCUT2D eigenvalue weighted by Gasteiger charge is 2.45. The molecule has 1 saturated heterocycles. The highest BCUT2D eigenvalue weighted by molar-refractivity contribution is 6.03.